The molecule has 1 heterocycles. The van der Waals surface area contributed by atoms with E-state index in [1.54, 1.807) is 13.8 Å². The molecule has 0 aliphatic rings. The highest BCUT2D eigenvalue weighted by Crippen LogP contribution is 2.06. The zero-order chi connectivity index (χ0) is 26.5. The summed E-state index contributed by atoms with van der Waals surface area (Å²) in [5.74, 6) is -5.33. The molecule has 1 aromatic heterocycles. The van der Waals surface area contributed by atoms with Crippen molar-refractivity contribution < 1.29 is 34.2 Å². The lowest BCUT2D eigenvalue weighted by atomic mass is 10.0. The number of hydrogen-bond donors (Lipinski definition) is 8. The van der Waals surface area contributed by atoms with Crippen molar-refractivity contribution >= 4 is 29.7 Å². The third kappa shape index (κ3) is 10.5. The normalized spacial score (nSPS) is 14.4. The minimum absolute atomic E-state index is 0.0913. The molecule has 0 aliphatic heterocycles. The molecule has 0 spiro atoms. The molecule has 1 rings (SSSR count). The molecule has 196 valence electrons. The zero-order valence-corrected chi connectivity index (χ0v) is 19.8. The van der Waals surface area contributed by atoms with E-state index in [0.717, 1.165) is 0 Å². The second kappa shape index (κ2) is 14.7. The number of carboxylic acids is 2. The topological polar surface area (TPSA) is 243 Å². The largest absolute Gasteiger partial charge is 0.481 e. The van der Waals surface area contributed by atoms with Crippen LogP contribution >= 0.6 is 0 Å². The van der Waals surface area contributed by atoms with Gasteiger partial charge in [0, 0.05) is 18.3 Å². The fourth-order valence-corrected chi connectivity index (χ4v) is 3.07. The summed E-state index contributed by atoms with van der Waals surface area (Å²) in [4.78, 5) is 67.7. The number of nitrogens with one attached hydrogen (secondary N) is 4. The summed E-state index contributed by atoms with van der Waals surface area (Å²) < 4.78 is 0. The van der Waals surface area contributed by atoms with Crippen molar-refractivity contribution in [2.75, 3.05) is 6.54 Å². The van der Waals surface area contributed by atoms with Gasteiger partial charge in [0.15, 0.2) is 0 Å². The van der Waals surface area contributed by atoms with Crippen LogP contribution in [0.3, 0.4) is 0 Å². The van der Waals surface area contributed by atoms with Crippen LogP contribution < -0.4 is 27.4 Å². The van der Waals surface area contributed by atoms with Crippen molar-refractivity contribution in [3.63, 3.8) is 0 Å². The average Bonchev–Trinajstić information content (AvgIpc) is 3.29. The third-order valence-electron chi connectivity index (χ3n) is 5.21. The Morgan fingerprint density at radius 1 is 0.971 bits per heavy atom. The van der Waals surface area contributed by atoms with Crippen molar-refractivity contribution in [3.8, 4) is 0 Å². The second-order valence-corrected chi connectivity index (χ2v) is 8.45. The lowest BCUT2D eigenvalue weighted by Gasteiger charge is -2.25. The van der Waals surface area contributed by atoms with E-state index in [9.17, 15) is 34.2 Å². The molecule has 35 heavy (non-hydrogen) atoms. The SMILES string of the molecule is CC(C)C(N)C(=O)NC(CC(=O)O)C(=O)NC(Cc1cnc[nH]1)C(=O)NC(CCCCN)C(=O)O. The van der Waals surface area contributed by atoms with E-state index < -0.39 is 60.2 Å². The van der Waals surface area contributed by atoms with Crippen LogP contribution in [0.2, 0.25) is 0 Å². The smallest absolute Gasteiger partial charge is 0.326 e. The van der Waals surface area contributed by atoms with Gasteiger partial charge in [-0.25, -0.2) is 9.78 Å². The van der Waals surface area contributed by atoms with Crippen LogP contribution in [0.1, 0.15) is 45.2 Å². The Balaban J connectivity index is 3.05. The Kier molecular flexibility index (Phi) is 12.4. The molecule has 10 N–H and O–H groups in total. The maximum Gasteiger partial charge on any atom is 0.326 e. The van der Waals surface area contributed by atoms with Crippen molar-refractivity contribution in [2.45, 2.75) is 70.1 Å². The van der Waals surface area contributed by atoms with Gasteiger partial charge < -0.3 is 42.6 Å². The summed E-state index contributed by atoms with van der Waals surface area (Å²) >= 11 is 0. The molecule has 1 aromatic rings. The summed E-state index contributed by atoms with van der Waals surface area (Å²) in [6, 6.07) is -4.99. The van der Waals surface area contributed by atoms with E-state index in [-0.39, 0.29) is 18.8 Å². The first-order valence-electron chi connectivity index (χ1n) is 11.2. The van der Waals surface area contributed by atoms with E-state index in [1.165, 1.54) is 12.5 Å². The molecule has 3 amide bonds. The lowest BCUT2D eigenvalue weighted by molar-refractivity contribution is -0.143. The molecule has 14 heteroatoms. The molecule has 0 bridgehead atoms. The molecule has 0 fully saturated rings. The van der Waals surface area contributed by atoms with Crippen LogP contribution in [0, 0.1) is 5.92 Å². The van der Waals surface area contributed by atoms with Gasteiger partial charge >= 0.3 is 11.9 Å². The molecule has 0 radical (unpaired) electrons. The molecule has 14 nitrogen and oxygen atoms in total. The number of carbonyl (C=O) groups is 5. The number of hydrogen-bond acceptors (Lipinski definition) is 8. The van der Waals surface area contributed by atoms with Crippen molar-refractivity contribution in [1.82, 2.24) is 25.9 Å². The number of aliphatic carboxylic acids is 2. The molecular formula is C21H35N7O7. The third-order valence-corrected chi connectivity index (χ3v) is 5.21. The Morgan fingerprint density at radius 2 is 1.57 bits per heavy atom. The highest BCUT2D eigenvalue weighted by molar-refractivity contribution is 5.95. The van der Waals surface area contributed by atoms with Gasteiger partial charge in [-0.05, 0) is 31.7 Å². The lowest BCUT2D eigenvalue weighted by Crippen LogP contribution is -2.58. The monoisotopic (exact) mass is 497 g/mol. The quantitative estimate of drug-likeness (QED) is 0.118. The van der Waals surface area contributed by atoms with Crippen molar-refractivity contribution in [3.05, 3.63) is 18.2 Å². The molecular weight excluding hydrogens is 462 g/mol. The van der Waals surface area contributed by atoms with Gasteiger partial charge in [0.2, 0.25) is 17.7 Å². The standard InChI is InChI=1S/C21H35N7O7/c1-11(2)17(23)20(33)28-15(8-16(29)30)19(32)27-14(7-12-9-24-10-25-12)18(31)26-13(21(34)35)5-3-4-6-22/h9-11,13-15,17H,3-8,22-23H2,1-2H3,(H,24,25)(H,26,31)(H,27,32)(H,28,33)(H,29,30)(H,34,35). The highest BCUT2D eigenvalue weighted by Gasteiger charge is 2.32. The summed E-state index contributed by atoms with van der Waals surface area (Å²) in [7, 11) is 0. The number of rotatable bonds is 16. The molecule has 0 saturated carbocycles. The molecule has 0 saturated heterocycles. The maximum absolute atomic E-state index is 12.9. The van der Waals surface area contributed by atoms with Gasteiger partial charge in [0.05, 0.1) is 18.8 Å². The Bertz CT molecular complexity index is 860. The van der Waals surface area contributed by atoms with Crippen LogP contribution in [0.25, 0.3) is 0 Å². The average molecular weight is 498 g/mol. The van der Waals surface area contributed by atoms with Gasteiger partial charge in [0.1, 0.15) is 18.1 Å². The van der Waals surface area contributed by atoms with Gasteiger partial charge in [-0.3, -0.25) is 19.2 Å². The minimum Gasteiger partial charge on any atom is -0.481 e. The van der Waals surface area contributed by atoms with Crippen LogP contribution in [0.4, 0.5) is 0 Å². The van der Waals surface area contributed by atoms with Crippen LogP contribution in [-0.2, 0) is 30.4 Å². The number of carbonyl (C=O) groups excluding carboxylic acids is 3. The van der Waals surface area contributed by atoms with E-state index in [4.69, 9.17) is 11.5 Å². The number of nitrogens with zero attached hydrogens (tertiary/aromatic N) is 1. The first-order chi connectivity index (χ1) is 16.5. The number of unbranched alkanes of at least 4 members (excludes halogenated alkanes) is 1. The maximum atomic E-state index is 12.9. The van der Waals surface area contributed by atoms with Gasteiger partial charge in [-0.1, -0.05) is 13.8 Å². The van der Waals surface area contributed by atoms with Crippen LogP contribution in [0.15, 0.2) is 12.5 Å². The summed E-state index contributed by atoms with van der Waals surface area (Å²) in [5, 5.41) is 25.8. The second-order valence-electron chi connectivity index (χ2n) is 8.45. The number of H-pyrrole nitrogens is 1. The minimum atomic E-state index is -1.51. The van der Waals surface area contributed by atoms with E-state index in [0.29, 0.717) is 25.1 Å². The summed E-state index contributed by atoms with van der Waals surface area (Å²) in [5.41, 5.74) is 11.7. The first kappa shape index (κ1) is 29.5. The molecule has 0 aromatic carbocycles. The number of amides is 3. The molecule has 4 unspecified atom stereocenters. The Morgan fingerprint density at radius 3 is 2.09 bits per heavy atom. The zero-order valence-electron chi connectivity index (χ0n) is 19.8. The first-order valence-corrected chi connectivity index (χ1v) is 11.2. The molecule has 0 aliphatic carbocycles. The predicted octanol–water partition coefficient (Wildman–Crippen LogP) is -1.92. The van der Waals surface area contributed by atoms with Crippen molar-refractivity contribution in [2.24, 2.45) is 17.4 Å². The van der Waals surface area contributed by atoms with Gasteiger partial charge in [-0.2, -0.15) is 0 Å². The number of aromatic amines is 1. The van der Waals surface area contributed by atoms with Crippen molar-refractivity contribution in [1.29, 1.82) is 0 Å². The Labute approximate surface area is 202 Å². The highest BCUT2D eigenvalue weighted by atomic mass is 16.4. The summed E-state index contributed by atoms with van der Waals surface area (Å²) in [6.45, 7) is 3.75. The van der Waals surface area contributed by atoms with E-state index >= 15 is 0 Å². The van der Waals surface area contributed by atoms with Crippen LogP contribution in [0.5, 0.6) is 0 Å². The fourth-order valence-electron chi connectivity index (χ4n) is 3.07. The Hall–Kier alpha value is -3.52. The number of carboxylic acid groups (broad SMARTS) is 2. The van der Waals surface area contributed by atoms with Gasteiger partial charge in [0.25, 0.3) is 0 Å². The molecule has 4 atom stereocenters. The van der Waals surface area contributed by atoms with E-state index in [2.05, 4.69) is 25.9 Å². The number of imidazole rings is 1. The van der Waals surface area contributed by atoms with Crippen LogP contribution in [-0.4, -0.2) is 80.6 Å². The van der Waals surface area contributed by atoms with Gasteiger partial charge in [-0.15, -0.1) is 0 Å². The fraction of sp³-hybridized carbons (Fsp3) is 0.619. The predicted molar refractivity (Wildman–Crippen MR) is 124 cm³/mol. The van der Waals surface area contributed by atoms with E-state index in [1.807, 2.05) is 0 Å². The number of nitrogens with two attached hydrogens (primary N) is 2. The summed E-state index contributed by atoms with van der Waals surface area (Å²) in [6.07, 6.45) is 3.11. The number of aromatic nitrogens is 2.